The van der Waals surface area contributed by atoms with Gasteiger partial charge in [0.05, 0.1) is 15.4 Å². The summed E-state index contributed by atoms with van der Waals surface area (Å²) in [7, 11) is 0. The minimum absolute atomic E-state index is 0.0379. The molecule has 1 N–H and O–H groups in total. The molecule has 10 nitrogen and oxygen atoms in total. The molecule has 0 saturated heterocycles. The van der Waals surface area contributed by atoms with Crippen molar-refractivity contribution in [1.82, 2.24) is 4.98 Å². The van der Waals surface area contributed by atoms with Crippen molar-refractivity contribution in [3.05, 3.63) is 63.1 Å². The van der Waals surface area contributed by atoms with Crippen molar-refractivity contribution in [2.24, 2.45) is 0 Å². The van der Waals surface area contributed by atoms with Gasteiger partial charge in [0, 0.05) is 28.9 Å². The lowest BCUT2D eigenvalue weighted by atomic mass is 10.2. The number of carbonyl (C=O) groups excluding carboxylic acids is 2. The maximum absolute atomic E-state index is 12.5. The van der Waals surface area contributed by atoms with Crippen LogP contribution >= 0.6 is 23.1 Å². The molecule has 170 valence electrons. The minimum Gasteiger partial charge on any atom is -0.454 e. The highest BCUT2D eigenvalue weighted by Gasteiger charge is 2.24. The number of nitro benzene ring substituents is 1. The predicted octanol–water partition coefficient (Wildman–Crippen LogP) is 4.42. The van der Waals surface area contributed by atoms with Crippen LogP contribution in [0.15, 0.2) is 51.0 Å². The van der Waals surface area contributed by atoms with Crippen molar-refractivity contribution >= 4 is 46.3 Å². The molecule has 1 aliphatic heterocycles. The molecular formula is C21H17N3O7S2. The number of hydrogen-bond acceptors (Lipinski definition) is 10. The Morgan fingerprint density at radius 2 is 2.03 bits per heavy atom. The van der Waals surface area contributed by atoms with Crippen LogP contribution in [0.4, 0.5) is 11.4 Å². The second-order valence-electron chi connectivity index (χ2n) is 6.90. The smallest absolute Gasteiger partial charge is 0.339 e. The Morgan fingerprint density at radius 3 is 2.76 bits per heavy atom. The predicted molar refractivity (Wildman–Crippen MR) is 120 cm³/mol. The first kappa shape index (κ1) is 22.6. The molecule has 33 heavy (non-hydrogen) atoms. The van der Waals surface area contributed by atoms with Crippen molar-refractivity contribution in [2.75, 3.05) is 12.1 Å². The van der Waals surface area contributed by atoms with E-state index in [2.05, 4.69) is 10.3 Å². The first-order valence-corrected chi connectivity index (χ1v) is 11.3. The van der Waals surface area contributed by atoms with Crippen LogP contribution in [0, 0.1) is 17.0 Å². The van der Waals surface area contributed by atoms with Crippen molar-refractivity contribution < 1.29 is 28.7 Å². The topological polar surface area (TPSA) is 130 Å². The van der Waals surface area contributed by atoms with Gasteiger partial charge >= 0.3 is 5.97 Å². The normalized spacial score (nSPS) is 12.8. The van der Waals surface area contributed by atoms with Crippen molar-refractivity contribution in [1.29, 1.82) is 0 Å². The fourth-order valence-electron chi connectivity index (χ4n) is 2.85. The summed E-state index contributed by atoms with van der Waals surface area (Å²) in [6, 6.07) is 8.89. The average Bonchev–Trinajstić information content (AvgIpc) is 3.41. The Bertz CT molecular complexity index is 1240. The van der Waals surface area contributed by atoms with Gasteiger partial charge in [-0.3, -0.25) is 14.9 Å². The second-order valence-corrected chi connectivity index (χ2v) is 9.05. The van der Waals surface area contributed by atoms with Gasteiger partial charge in [0.15, 0.2) is 21.9 Å². The van der Waals surface area contributed by atoms with E-state index < -0.39 is 22.9 Å². The number of rotatable bonds is 7. The van der Waals surface area contributed by atoms with Gasteiger partial charge in [-0.25, -0.2) is 9.78 Å². The number of aryl methyl sites for hydroxylation is 1. The molecule has 3 aromatic rings. The van der Waals surface area contributed by atoms with Gasteiger partial charge in [0.1, 0.15) is 0 Å². The number of anilines is 1. The van der Waals surface area contributed by atoms with Crippen LogP contribution in [0.5, 0.6) is 11.5 Å². The third kappa shape index (κ3) is 5.23. The number of nitro groups is 1. The van der Waals surface area contributed by atoms with E-state index in [9.17, 15) is 19.7 Å². The highest BCUT2D eigenvalue weighted by atomic mass is 32.2. The molecule has 0 saturated carbocycles. The lowest BCUT2D eigenvalue weighted by Crippen LogP contribution is -2.30. The van der Waals surface area contributed by atoms with Gasteiger partial charge in [0.2, 0.25) is 6.79 Å². The van der Waals surface area contributed by atoms with Crippen LogP contribution in [0.2, 0.25) is 0 Å². The number of fused-ring (bicyclic) bond motifs is 1. The molecule has 2 heterocycles. The number of nitrogens with one attached hydrogen (secondary N) is 1. The third-order valence-electron chi connectivity index (χ3n) is 4.48. The fourth-order valence-corrected chi connectivity index (χ4v) is 4.73. The lowest BCUT2D eigenvalue weighted by Gasteiger charge is -2.14. The molecule has 0 fully saturated rings. The van der Waals surface area contributed by atoms with Gasteiger partial charge < -0.3 is 19.5 Å². The van der Waals surface area contributed by atoms with Gasteiger partial charge in [-0.05, 0) is 38.1 Å². The highest BCUT2D eigenvalue weighted by molar-refractivity contribution is 8.01. The Hall–Kier alpha value is -3.64. The molecule has 0 bridgehead atoms. The van der Waals surface area contributed by atoms with Crippen molar-refractivity contribution in [3.8, 4) is 11.5 Å². The van der Waals surface area contributed by atoms with E-state index in [1.54, 1.807) is 18.2 Å². The largest absolute Gasteiger partial charge is 0.454 e. The molecule has 12 heteroatoms. The van der Waals surface area contributed by atoms with E-state index in [0.29, 0.717) is 26.4 Å². The quantitative estimate of drug-likeness (QED) is 0.292. The number of esters is 1. The van der Waals surface area contributed by atoms with Crippen LogP contribution < -0.4 is 14.8 Å². The zero-order chi connectivity index (χ0) is 23.5. The molecule has 0 radical (unpaired) electrons. The number of benzene rings is 2. The summed E-state index contributed by atoms with van der Waals surface area (Å²) in [6.07, 6.45) is -1.14. The van der Waals surface area contributed by atoms with Crippen molar-refractivity contribution in [2.45, 2.75) is 29.2 Å². The standard InChI is InChI=1S/C21H17N3O7S2/c1-11-9-32-21(22-11)33-18-6-3-13(7-15(18)24(27)28)20(26)31-12(2)19(25)23-14-4-5-16-17(8-14)30-10-29-16/h3-9,12H,10H2,1-2H3,(H,23,25). The molecule has 4 rings (SSSR count). The SMILES string of the molecule is Cc1csc(Sc2ccc(C(=O)OC(C)C(=O)Nc3ccc4c(c3)OCO4)cc2[N+](=O)[O-])n1. The van der Waals surface area contributed by atoms with Crippen LogP contribution in [0.25, 0.3) is 0 Å². The number of hydrogen-bond donors (Lipinski definition) is 1. The molecule has 0 aliphatic carbocycles. The first-order valence-electron chi connectivity index (χ1n) is 9.60. The van der Waals surface area contributed by atoms with Crippen molar-refractivity contribution in [3.63, 3.8) is 0 Å². The van der Waals surface area contributed by atoms with E-state index in [-0.39, 0.29) is 18.0 Å². The maximum Gasteiger partial charge on any atom is 0.339 e. The number of ether oxygens (including phenoxy) is 3. The number of amides is 1. The van der Waals surface area contributed by atoms with Crippen LogP contribution in [0.3, 0.4) is 0 Å². The lowest BCUT2D eigenvalue weighted by molar-refractivity contribution is -0.387. The highest BCUT2D eigenvalue weighted by Crippen LogP contribution is 2.37. The summed E-state index contributed by atoms with van der Waals surface area (Å²) < 4.78 is 16.3. The average molecular weight is 488 g/mol. The molecule has 1 unspecified atom stereocenters. The summed E-state index contributed by atoms with van der Waals surface area (Å²) in [5, 5.41) is 16.0. The summed E-state index contributed by atoms with van der Waals surface area (Å²) in [4.78, 5) is 40.6. The van der Waals surface area contributed by atoms with Gasteiger partial charge in [-0.15, -0.1) is 11.3 Å². The molecular weight excluding hydrogens is 470 g/mol. The first-order chi connectivity index (χ1) is 15.8. The van der Waals surface area contributed by atoms with E-state index in [0.717, 1.165) is 23.5 Å². The molecule has 1 aliphatic rings. The monoisotopic (exact) mass is 487 g/mol. The zero-order valence-electron chi connectivity index (χ0n) is 17.4. The zero-order valence-corrected chi connectivity index (χ0v) is 19.0. The van der Waals surface area contributed by atoms with E-state index in [4.69, 9.17) is 14.2 Å². The molecule has 1 atom stereocenters. The Labute approximate surface area is 196 Å². The van der Waals surface area contributed by atoms with Gasteiger partial charge in [-0.2, -0.15) is 0 Å². The molecule has 1 amide bonds. The fraction of sp³-hybridized carbons (Fsp3) is 0.190. The van der Waals surface area contributed by atoms with Crippen LogP contribution in [-0.2, 0) is 9.53 Å². The van der Waals surface area contributed by atoms with Gasteiger partial charge in [-0.1, -0.05) is 11.8 Å². The van der Waals surface area contributed by atoms with Crippen LogP contribution in [0.1, 0.15) is 23.0 Å². The minimum atomic E-state index is -1.14. The van der Waals surface area contributed by atoms with E-state index >= 15 is 0 Å². The van der Waals surface area contributed by atoms with E-state index in [1.807, 2.05) is 12.3 Å². The Morgan fingerprint density at radius 1 is 1.24 bits per heavy atom. The number of thiazole rings is 1. The molecule has 2 aromatic carbocycles. The third-order valence-corrected chi connectivity index (χ3v) is 6.60. The maximum atomic E-state index is 12.5. The Balaban J connectivity index is 1.43. The number of nitrogens with zero attached hydrogens (tertiary/aromatic N) is 2. The van der Waals surface area contributed by atoms with E-state index in [1.165, 1.54) is 30.4 Å². The summed E-state index contributed by atoms with van der Waals surface area (Å²) in [6.45, 7) is 3.34. The van der Waals surface area contributed by atoms with Gasteiger partial charge in [0.25, 0.3) is 11.6 Å². The second kappa shape index (κ2) is 9.46. The van der Waals surface area contributed by atoms with Crippen LogP contribution in [-0.4, -0.2) is 34.7 Å². The summed E-state index contributed by atoms with van der Waals surface area (Å²) >= 11 is 2.51. The summed E-state index contributed by atoms with van der Waals surface area (Å²) in [5.74, 6) is -0.354. The Kier molecular flexibility index (Phi) is 6.47. The molecule has 0 spiro atoms. The molecule has 1 aromatic heterocycles. The number of aromatic nitrogens is 1. The summed E-state index contributed by atoms with van der Waals surface area (Å²) in [5.41, 5.74) is 0.976. The number of carbonyl (C=O) groups is 2.